The molecular weight excluding hydrogens is 204 g/mol. The van der Waals surface area contributed by atoms with Crippen molar-refractivity contribution in [1.29, 1.82) is 0 Å². The second-order valence-corrected chi connectivity index (χ2v) is 2.68. The van der Waals surface area contributed by atoms with Crippen molar-refractivity contribution in [2.45, 2.75) is 19.0 Å². The minimum Gasteiger partial charge on any atom is -0.379 e. The van der Waals surface area contributed by atoms with Crippen LogP contribution in [0.25, 0.3) is 0 Å². The molecule has 0 aliphatic heterocycles. The summed E-state index contributed by atoms with van der Waals surface area (Å²) in [6, 6.07) is 0. The summed E-state index contributed by atoms with van der Waals surface area (Å²) in [5.41, 5.74) is 0. The minimum absolute atomic E-state index is 0.0450. The van der Waals surface area contributed by atoms with Gasteiger partial charge in [0.2, 0.25) is 0 Å². The molecule has 0 aromatic rings. The summed E-state index contributed by atoms with van der Waals surface area (Å²) < 4.78 is 55.2. The van der Waals surface area contributed by atoms with Crippen molar-refractivity contribution in [3.05, 3.63) is 0 Å². The maximum Gasteiger partial charge on any atom is 0.411 e. The second-order valence-electron chi connectivity index (χ2n) is 2.68. The van der Waals surface area contributed by atoms with Crippen molar-refractivity contribution in [2.24, 2.45) is 0 Å². The molecule has 0 aromatic carbocycles. The van der Waals surface area contributed by atoms with Crippen LogP contribution >= 0.6 is 0 Å². The van der Waals surface area contributed by atoms with Crippen LogP contribution in [0.3, 0.4) is 0 Å². The van der Waals surface area contributed by atoms with Crippen molar-refractivity contribution in [2.75, 3.05) is 33.1 Å². The third-order valence-electron chi connectivity index (χ3n) is 1.31. The number of alkyl halides is 4. The largest absolute Gasteiger partial charge is 0.411 e. The predicted molar refractivity (Wildman–Crippen MR) is 42.9 cm³/mol. The summed E-state index contributed by atoms with van der Waals surface area (Å²) in [5, 5.41) is 0. The summed E-state index contributed by atoms with van der Waals surface area (Å²) in [6.07, 6.45) is -3.19. The zero-order valence-electron chi connectivity index (χ0n) is 7.78. The van der Waals surface area contributed by atoms with E-state index >= 15 is 0 Å². The van der Waals surface area contributed by atoms with Gasteiger partial charge in [0.05, 0.1) is 6.61 Å². The highest BCUT2D eigenvalue weighted by Crippen LogP contribution is 2.14. The van der Waals surface area contributed by atoms with Crippen LogP contribution in [0.4, 0.5) is 17.6 Å². The van der Waals surface area contributed by atoms with E-state index in [1.165, 1.54) is 0 Å². The highest BCUT2D eigenvalue weighted by molar-refractivity contribution is 4.46. The molecule has 86 valence electrons. The fourth-order valence-electron chi connectivity index (χ4n) is 0.753. The normalized spacial score (nSPS) is 12.0. The summed E-state index contributed by atoms with van der Waals surface area (Å²) >= 11 is 0. The third kappa shape index (κ3) is 11.6. The van der Waals surface area contributed by atoms with Gasteiger partial charge in [0.15, 0.2) is 0 Å². The van der Waals surface area contributed by atoms with Crippen LogP contribution < -0.4 is 0 Å². The van der Waals surface area contributed by atoms with E-state index in [1.807, 2.05) is 0 Å². The highest BCUT2D eigenvalue weighted by Gasteiger charge is 2.26. The minimum atomic E-state index is -4.26. The fourth-order valence-corrected chi connectivity index (χ4v) is 0.753. The first-order valence-electron chi connectivity index (χ1n) is 4.34. The fraction of sp³-hybridized carbons (Fsp3) is 1.00. The molecule has 0 unspecified atom stereocenters. The van der Waals surface area contributed by atoms with Crippen LogP contribution in [0.1, 0.15) is 12.8 Å². The molecule has 0 fully saturated rings. The number of hydrogen-bond donors (Lipinski definition) is 0. The molecule has 0 spiro atoms. The van der Waals surface area contributed by atoms with Gasteiger partial charge in [-0.25, -0.2) is 4.39 Å². The molecule has 6 heteroatoms. The highest BCUT2D eigenvalue weighted by atomic mass is 19.4. The van der Waals surface area contributed by atoms with Crippen LogP contribution in [0.2, 0.25) is 0 Å². The predicted octanol–water partition coefficient (Wildman–Crippen LogP) is 2.33. The lowest BCUT2D eigenvalue weighted by molar-refractivity contribution is -0.174. The van der Waals surface area contributed by atoms with Gasteiger partial charge in [0.1, 0.15) is 13.3 Å². The molecule has 0 bridgehead atoms. The van der Waals surface area contributed by atoms with Gasteiger partial charge in [-0.1, -0.05) is 0 Å². The van der Waals surface area contributed by atoms with Gasteiger partial charge in [-0.05, 0) is 12.8 Å². The van der Waals surface area contributed by atoms with Gasteiger partial charge in [-0.2, -0.15) is 13.2 Å². The van der Waals surface area contributed by atoms with E-state index in [-0.39, 0.29) is 13.2 Å². The van der Waals surface area contributed by atoms with Gasteiger partial charge in [0.25, 0.3) is 0 Å². The van der Waals surface area contributed by atoms with Gasteiger partial charge in [0, 0.05) is 13.2 Å². The number of halogens is 4. The van der Waals surface area contributed by atoms with E-state index in [2.05, 4.69) is 4.74 Å². The molecule has 0 heterocycles. The Morgan fingerprint density at radius 1 is 0.857 bits per heavy atom. The first-order valence-corrected chi connectivity index (χ1v) is 4.34. The van der Waals surface area contributed by atoms with Gasteiger partial charge in [-0.15, -0.1) is 0 Å². The van der Waals surface area contributed by atoms with Crippen LogP contribution in [-0.4, -0.2) is 39.3 Å². The second kappa shape index (κ2) is 7.99. The Morgan fingerprint density at radius 2 is 1.43 bits per heavy atom. The van der Waals surface area contributed by atoms with Gasteiger partial charge in [-0.3, -0.25) is 0 Å². The first-order chi connectivity index (χ1) is 6.56. The molecule has 2 nitrogen and oxygen atoms in total. The smallest absolute Gasteiger partial charge is 0.379 e. The Labute approximate surface area is 80.2 Å². The SMILES string of the molecule is FCCOCCCCOCC(F)(F)F. The van der Waals surface area contributed by atoms with Crippen molar-refractivity contribution in [1.82, 2.24) is 0 Å². The van der Waals surface area contributed by atoms with Crippen molar-refractivity contribution in [3.63, 3.8) is 0 Å². The van der Waals surface area contributed by atoms with E-state index in [9.17, 15) is 17.6 Å². The van der Waals surface area contributed by atoms with Crippen LogP contribution in [0.15, 0.2) is 0 Å². The quantitative estimate of drug-likeness (QED) is 0.460. The number of ether oxygens (including phenoxy) is 2. The van der Waals surface area contributed by atoms with Crippen molar-refractivity contribution < 1.29 is 27.0 Å². The molecule has 0 aromatic heterocycles. The molecule has 0 saturated heterocycles. The molecular formula is C8H14F4O2. The summed E-state index contributed by atoms with van der Waals surface area (Å²) in [7, 11) is 0. The average molecular weight is 218 g/mol. The lowest BCUT2D eigenvalue weighted by atomic mass is 10.3. The maximum absolute atomic E-state index is 11.5. The lowest BCUT2D eigenvalue weighted by Gasteiger charge is -2.07. The Balaban J connectivity index is 2.99. The van der Waals surface area contributed by atoms with E-state index in [1.54, 1.807) is 0 Å². The Morgan fingerprint density at radius 3 is 1.93 bits per heavy atom. The number of unbranched alkanes of at least 4 members (excludes halogenated alkanes) is 1. The third-order valence-corrected chi connectivity index (χ3v) is 1.31. The molecule has 0 aliphatic rings. The standard InChI is InChI=1S/C8H14F4O2/c9-3-6-13-4-1-2-5-14-7-8(10,11)12/h1-7H2. The molecule has 0 saturated carbocycles. The monoisotopic (exact) mass is 218 g/mol. The number of rotatable bonds is 8. The van der Waals surface area contributed by atoms with Crippen molar-refractivity contribution >= 4 is 0 Å². The average Bonchev–Trinajstić information content (AvgIpc) is 2.08. The van der Waals surface area contributed by atoms with Gasteiger partial charge < -0.3 is 9.47 Å². The summed E-state index contributed by atoms with van der Waals surface area (Å²) in [6.45, 7) is -1.29. The van der Waals surface area contributed by atoms with E-state index in [0.29, 0.717) is 19.4 Å². The van der Waals surface area contributed by atoms with Crippen molar-refractivity contribution in [3.8, 4) is 0 Å². The van der Waals surface area contributed by atoms with Crippen LogP contribution in [0.5, 0.6) is 0 Å². The van der Waals surface area contributed by atoms with E-state index in [0.717, 1.165) is 0 Å². The number of hydrogen-bond acceptors (Lipinski definition) is 2. The van der Waals surface area contributed by atoms with E-state index in [4.69, 9.17) is 4.74 Å². The Bertz CT molecular complexity index is 127. The molecule has 0 amide bonds. The zero-order valence-corrected chi connectivity index (χ0v) is 7.78. The molecule has 0 rings (SSSR count). The van der Waals surface area contributed by atoms with Crippen LogP contribution in [0, 0.1) is 0 Å². The Kier molecular flexibility index (Phi) is 7.78. The molecule has 0 radical (unpaired) electrons. The van der Waals surface area contributed by atoms with Crippen LogP contribution in [-0.2, 0) is 9.47 Å². The molecule has 14 heavy (non-hydrogen) atoms. The first kappa shape index (κ1) is 13.6. The zero-order chi connectivity index (χ0) is 10.9. The van der Waals surface area contributed by atoms with Gasteiger partial charge >= 0.3 is 6.18 Å². The topological polar surface area (TPSA) is 18.5 Å². The molecule has 0 N–H and O–H groups in total. The lowest BCUT2D eigenvalue weighted by Crippen LogP contribution is -2.17. The summed E-state index contributed by atoms with van der Waals surface area (Å²) in [4.78, 5) is 0. The Hall–Kier alpha value is -0.360. The molecule has 0 aliphatic carbocycles. The maximum atomic E-state index is 11.5. The van der Waals surface area contributed by atoms with E-state index < -0.39 is 19.5 Å². The molecule has 0 atom stereocenters. The summed E-state index contributed by atoms with van der Waals surface area (Å²) in [5.74, 6) is 0.